The van der Waals surface area contributed by atoms with Crippen LogP contribution in [0.1, 0.15) is 96.5 Å². The maximum atomic E-state index is 12.8. The lowest BCUT2D eigenvalue weighted by molar-refractivity contribution is -0.757. The zero-order valence-corrected chi connectivity index (χ0v) is 27.7. The molecular weight excluding hydrogens is 587 g/mol. The van der Waals surface area contributed by atoms with E-state index >= 15 is 0 Å². The molecule has 5 atom stereocenters. The number of benzene rings is 1. The van der Waals surface area contributed by atoms with Crippen LogP contribution in [0.25, 0.3) is 0 Å². The van der Waals surface area contributed by atoms with Gasteiger partial charge < -0.3 is 24.2 Å². The number of allylic oxidation sites excluding steroid dienone is 2. The molecule has 10 nitrogen and oxygen atoms in total. The molecule has 1 amide bonds. The fourth-order valence-electron chi connectivity index (χ4n) is 6.24. The fourth-order valence-corrected chi connectivity index (χ4v) is 6.24. The largest absolute Gasteiger partial charge is 0.458 e. The molecule has 1 heterocycles. The number of amides is 1. The lowest BCUT2D eigenvalue weighted by Crippen LogP contribution is -2.37. The summed E-state index contributed by atoms with van der Waals surface area (Å²) in [6.45, 7) is 4.79. The van der Waals surface area contributed by atoms with Gasteiger partial charge in [0.2, 0.25) is 5.91 Å². The molecule has 1 N–H and O–H groups in total. The van der Waals surface area contributed by atoms with E-state index in [9.17, 15) is 19.7 Å². The van der Waals surface area contributed by atoms with E-state index in [1.54, 1.807) is 0 Å². The van der Waals surface area contributed by atoms with E-state index in [4.69, 9.17) is 14.0 Å². The van der Waals surface area contributed by atoms with Crippen LogP contribution in [-0.4, -0.2) is 55.5 Å². The summed E-state index contributed by atoms with van der Waals surface area (Å²) in [7, 11) is -0.187. The second-order valence-electron chi connectivity index (χ2n) is 12.3. The summed E-state index contributed by atoms with van der Waals surface area (Å²) in [5.74, 6) is 0.212. The maximum Gasteiger partial charge on any atom is 0.457 e. The van der Waals surface area contributed by atoms with Gasteiger partial charge in [-0.3, -0.25) is 9.59 Å². The molecule has 2 fully saturated rings. The highest BCUT2D eigenvalue weighted by atomic mass is 16.9. The lowest BCUT2D eigenvalue weighted by atomic mass is 9.80. The van der Waals surface area contributed by atoms with Crippen LogP contribution in [0, 0.1) is 22.0 Å². The van der Waals surface area contributed by atoms with Gasteiger partial charge in [0.25, 0.3) is 5.09 Å². The minimum Gasteiger partial charge on any atom is -0.458 e. The first-order valence-electron chi connectivity index (χ1n) is 17.3. The van der Waals surface area contributed by atoms with Crippen molar-refractivity contribution in [1.29, 1.82) is 0 Å². The zero-order valence-electron chi connectivity index (χ0n) is 27.7. The Hall–Kier alpha value is -3.18. The Morgan fingerprint density at radius 2 is 1.87 bits per heavy atom. The van der Waals surface area contributed by atoms with Crippen LogP contribution in [0.4, 0.5) is 0 Å². The third-order valence-corrected chi connectivity index (χ3v) is 8.65. The average Bonchev–Trinajstić information content (AvgIpc) is 3.28. The van der Waals surface area contributed by atoms with Crippen molar-refractivity contribution in [3.8, 4) is 0 Å². The van der Waals surface area contributed by atoms with Crippen molar-refractivity contribution in [3.63, 3.8) is 0 Å². The van der Waals surface area contributed by atoms with E-state index in [1.165, 1.54) is 5.56 Å². The monoisotopic (exact) mass is 640 g/mol. The standard InChI is InChI=1S/C35H53BN2O8/c1-3-5-25-36-45-32-27-33(46-36)31(30(32)18-12-6-7-13-19-34(39)37-4-2)24-23-29(22-21-28-16-10-8-11-17-28)44-35(40)20-14-9-15-26-43-38(41)42/h6,8,10-12,16-17,23-24,29-33H,3-5,7,9,13-15,18-22,25-27H2,1-2H3,(H,37,39)/b12-6-,24-23+/t29?,30-,31-,32?,33?/m1/s1. The number of ether oxygens (including phenoxy) is 1. The highest BCUT2D eigenvalue weighted by Crippen LogP contribution is 2.44. The van der Waals surface area contributed by atoms with E-state index < -0.39 is 5.09 Å². The number of carbonyl (C=O) groups excluding carboxylic acids is 2. The molecule has 2 bridgehead atoms. The molecule has 1 aromatic carbocycles. The van der Waals surface area contributed by atoms with Gasteiger partial charge >= 0.3 is 13.1 Å². The third kappa shape index (κ3) is 14.1. The molecule has 3 unspecified atom stereocenters. The summed E-state index contributed by atoms with van der Waals surface area (Å²) in [6.07, 6.45) is 18.8. The number of rotatable bonds is 23. The number of esters is 1. The Labute approximate surface area is 274 Å². The first-order valence-corrected chi connectivity index (χ1v) is 17.3. The van der Waals surface area contributed by atoms with E-state index in [2.05, 4.69) is 47.4 Å². The summed E-state index contributed by atoms with van der Waals surface area (Å²) in [4.78, 5) is 39.3. The normalized spacial score (nSPS) is 21.5. The van der Waals surface area contributed by atoms with Crippen LogP contribution in [0.5, 0.6) is 0 Å². The van der Waals surface area contributed by atoms with Gasteiger partial charge in [0.1, 0.15) is 6.10 Å². The van der Waals surface area contributed by atoms with Crippen LogP contribution in [-0.2, 0) is 34.9 Å². The van der Waals surface area contributed by atoms with Gasteiger partial charge in [-0.05, 0) is 82.2 Å². The number of aryl methyl sites for hydroxylation is 1. The van der Waals surface area contributed by atoms with Crippen LogP contribution in [0.15, 0.2) is 54.6 Å². The molecule has 3 rings (SSSR count). The molecule has 1 aromatic rings. The maximum absolute atomic E-state index is 12.8. The predicted molar refractivity (Wildman–Crippen MR) is 178 cm³/mol. The summed E-state index contributed by atoms with van der Waals surface area (Å²) in [6, 6.07) is 10.2. The number of unbranched alkanes of at least 4 members (excludes halogenated alkanes) is 4. The zero-order chi connectivity index (χ0) is 33.0. The molecule has 46 heavy (non-hydrogen) atoms. The van der Waals surface area contributed by atoms with E-state index in [1.807, 2.05) is 31.2 Å². The second-order valence-corrected chi connectivity index (χ2v) is 12.3. The Morgan fingerprint density at radius 3 is 2.63 bits per heavy atom. The second kappa shape index (κ2) is 21.6. The van der Waals surface area contributed by atoms with Crippen LogP contribution >= 0.6 is 0 Å². The highest BCUT2D eigenvalue weighted by molar-refractivity contribution is 6.44. The lowest BCUT2D eigenvalue weighted by Gasteiger charge is -2.27. The molecule has 254 valence electrons. The van der Waals surface area contributed by atoms with Crippen molar-refractivity contribution >= 4 is 19.0 Å². The Kier molecular flexibility index (Phi) is 17.5. The average molecular weight is 641 g/mol. The van der Waals surface area contributed by atoms with Crippen molar-refractivity contribution in [3.05, 3.63) is 70.3 Å². The molecule has 0 radical (unpaired) electrons. The smallest absolute Gasteiger partial charge is 0.457 e. The quantitative estimate of drug-likeness (QED) is 0.0345. The summed E-state index contributed by atoms with van der Waals surface area (Å²) >= 11 is 0. The van der Waals surface area contributed by atoms with Crippen molar-refractivity contribution in [2.75, 3.05) is 13.2 Å². The SMILES string of the molecule is CCCCB1OC2CC(O1)[C@H](C/C=C\CCCC(=O)NCC)[C@H]2/C=C/C(CCc1ccccc1)OC(=O)CCCCCO[N+](=O)[O-]. The molecular formula is C35H53BN2O8. The Balaban J connectivity index is 1.64. The molecule has 0 spiro atoms. The van der Waals surface area contributed by atoms with Gasteiger partial charge in [-0.15, -0.1) is 10.1 Å². The first-order chi connectivity index (χ1) is 22.4. The molecule has 1 saturated carbocycles. The van der Waals surface area contributed by atoms with E-state index in [-0.39, 0.29) is 62.2 Å². The van der Waals surface area contributed by atoms with Crippen LogP contribution < -0.4 is 5.32 Å². The van der Waals surface area contributed by atoms with Crippen LogP contribution in [0.3, 0.4) is 0 Å². The van der Waals surface area contributed by atoms with Crippen LogP contribution in [0.2, 0.25) is 6.32 Å². The summed E-state index contributed by atoms with van der Waals surface area (Å²) in [5.41, 5.74) is 1.19. The highest BCUT2D eigenvalue weighted by Gasteiger charge is 2.49. The summed E-state index contributed by atoms with van der Waals surface area (Å²) in [5, 5.41) is 12.4. The van der Waals surface area contributed by atoms with Gasteiger partial charge in [-0.25, -0.2) is 0 Å². The molecule has 2 aliphatic rings. The molecule has 0 aromatic heterocycles. The molecule has 1 aliphatic carbocycles. The number of fused-ring (bicyclic) bond motifs is 2. The molecule has 1 saturated heterocycles. The number of hydrogen-bond acceptors (Lipinski definition) is 8. The Bertz CT molecular complexity index is 1100. The first kappa shape index (κ1) is 37.3. The van der Waals surface area contributed by atoms with Gasteiger partial charge in [-0.2, -0.15) is 0 Å². The number of nitrogens with one attached hydrogen (secondary N) is 1. The van der Waals surface area contributed by atoms with E-state index in [0.29, 0.717) is 38.6 Å². The van der Waals surface area contributed by atoms with Gasteiger partial charge in [0.15, 0.2) is 0 Å². The number of hydrogen-bond donors (Lipinski definition) is 1. The number of nitrogens with zero attached hydrogens (tertiary/aromatic N) is 1. The predicted octanol–water partition coefficient (Wildman–Crippen LogP) is 6.82. The van der Waals surface area contributed by atoms with Crippen molar-refractivity contribution < 1.29 is 33.6 Å². The molecule has 11 heteroatoms. The van der Waals surface area contributed by atoms with Crippen molar-refractivity contribution in [1.82, 2.24) is 5.32 Å². The minimum absolute atomic E-state index is 0.0333. The summed E-state index contributed by atoms with van der Waals surface area (Å²) < 4.78 is 18.9. The van der Waals surface area contributed by atoms with Gasteiger partial charge in [0.05, 0.1) is 12.7 Å². The van der Waals surface area contributed by atoms with Crippen molar-refractivity contribution in [2.45, 2.75) is 122 Å². The van der Waals surface area contributed by atoms with Gasteiger partial charge in [0, 0.05) is 31.4 Å². The Morgan fingerprint density at radius 1 is 1.07 bits per heavy atom. The van der Waals surface area contributed by atoms with Gasteiger partial charge in [-0.1, -0.05) is 74.7 Å². The third-order valence-electron chi connectivity index (χ3n) is 8.65. The topological polar surface area (TPSA) is 126 Å². The fraction of sp³-hybridized carbons (Fsp3) is 0.657. The number of carbonyl (C=O) groups is 2. The molecule has 1 aliphatic heterocycles. The van der Waals surface area contributed by atoms with E-state index in [0.717, 1.165) is 51.3 Å². The van der Waals surface area contributed by atoms with Crippen molar-refractivity contribution in [2.24, 2.45) is 11.8 Å². The minimum atomic E-state index is -0.795.